The number of benzene rings is 2. The number of ketones is 1. The first-order chi connectivity index (χ1) is 14.1. The lowest BCUT2D eigenvalue weighted by atomic mass is 10.1. The van der Waals surface area contributed by atoms with Crippen molar-refractivity contribution in [3.8, 4) is 5.75 Å². The second-order valence-electron chi connectivity index (χ2n) is 7.63. The van der Waals surface area contributed by atoms with E-state index < -0.39 is 0 Å². The number of carbonyl (C=O) groups excluding carboxylic acids is 2. The highest BCUT2D eigenvalue weighted by Crippen LogP contribution is 2.26. The molecule has 0 N–H and O–H groups in total. The summed E-state index contributed by atoms with van der Waals surface area (Å²) < 4.78 is 18.5. The summed E-state index contributed by atoms with van der Waals surface area (Å²) in [5.74, 6) is 0.510. The molecule has 1 fully saturated rings. The molecule has 0 atom stereocenters. The van der Waals surface area contributed by atoms with Crippen LogP contribution < -0.4 is 4.74 Å². The molecule has 0 saturated carbocycles. The molecule has 1 amide bonds. The van der Waals surface area contributed by atoms with Gasteiger partial charge in [-0.1, -0.05) is 12.1 Å². The number of nitrogens with zero attached hydrogens (tertiary/aromatic N) is 2. The van der Waals surface area contributed by atoms with Gasteiger partial charge in [0.05, 0.1) is 6.61 Å². The van der Waals surface area contributed by atoms with Crippen LogP contribution in [0.25, 0.3) is 0 Å². The number of hydrogen-bond acceptors (Lipinski definition) is 4. The Kier molecular flexibility index (Phi) is 5.90. The van der Waals surface area contributed by atoms with Crippen LogP contribution in [0.3, 0.4) is 0 Å². The van der Waals surface area contributed by atoms with Gasteiger partial charge < -0.3 is 9.64 Å². The van der Waals surface area contributed by atoms with Gasteiger partial charge >= 0.3 is 0 Å². The maximum Gasteiger partial charge on any atom is 0.223 e. The zero-order chi connectivity index (χ0) is 20.2. The lowest BCUT2D eigenvalue weighted by molar-refractivity contribution is -0.132. The number of piperazine rings is 1. The normalized spacial score (nSPS) is 16.4. The van der Waals surface area contributed by atoms with Gasteiger partial charge in [0.2, 0.25) is 5.91 Å². The molecule has 29 heavy (non-hydrogen) atoms. The first-order valence-electron chi connectivity index (χ1n) is 10.1. The lowest BCUT2D eigenvalue weighted by Crippen LogP contribution is -2.48. The maximum absolute atomic E-state index is 13.0. The van der Waals surface area contributed by atoms with E-state index in [0.717, 1.165) is 38.4 Å². The highest BCUT2D eigenvalue weighted by atomic mass is 19.1. The van der Waals surface area contributed by atoms with Crippen LogP contribution in [-0.2, 0) is 17.8 Å². The molecule has 152 valence electrons. The number of halogens is 1. The van der Waals surface area contributed by atoms with Gasteiger partial charge in [0, 0.05) is 57.5 Å². The van der Waals surface area contributed by atoms with Crippen molar-refractivity contribution in [2.75, 3.05) is 32.8 Å². The number of carbonyl (C=O) groups is 2. The third-order valence-electron chi connectivity index (χ3n) is 5.62. The van der Waals surface area contributed by atoms with Crippen LogP contribution >= 0.6 is 0 Å². The van der Waals surface area contributed by atoms with E-state index in [4.69, 9.17) is 4.74 Å². The fourth-order valence-corrected chi connectivity index (χ4v) is 3.91. The second-order valence-corrected chi connectivity index (χ2v) is 7.63. The molecule has 2 aliphatic heterocycles. The van der Waals surface area contributed by atoms with E-state index in [-0.39, 0.29) is 30.3 Å². The molecule has 2 aromatic carbocycles. The average molecular weight is 396 g/mol. The molecule has 0 spiro atoms. The molecule has 4 rings (SSSR count). The Labute approximate surface area is 170 Å². The molecule has 0 aliphatic carbocycles. The third kappa shape index (κ3) is 4.82. The molecular formula is C23H25FN2O3. The van der Waals surface area contributed by atoms with Crippen LogP contribution in [0.2, 0.25) is 0 Å². The summed E-state index contributed by atoms with van der Waals surface area (Å²) in [6, 6.07) is 11.8. The van der Waals surface area contributed by atoms with Crippen LogP contribution in [0.5, 0.6) is 5.75 Å². The van der Waals surface area contributed by atoms with Crippen molar-refractivity contribution in [1.29, 1.82) is 0 Å². The summed E-state index contributed by atoms with van der Waals surface area (Å²) in [7, 11) is 0. The Morgan fingerprint density at radius 1 is 0.966 bits per heavy atom. The monoisotopic (exact) mass is 396 g/mol. The first kappa shape index (κ1) is 19.6. The van der Waals surface area contributed by atoms with Gasteiger partial charge in [-0.25, -0.2) is 4.39 Å². The SMILES string of the molecule is O=C(CCC(=O)N1CCN(Cc2ccc3c(c2)CCO3)CC1)c1ccc(F)cc1. The second kappa shape index (κ2) is 8.74. The van der Waals surface area contributed by atoms with Gasteiger partial charge in [-0.2, -0.15) is 0 Å². The third-order valence-corrected chi connectivity index (χ3v) is 5.62. The minimum Gasteiger partial charge on any atom is -0.493 e. The van der Waals surface area contributed by atoms with E-state index in [1.54, 1.807) is 0 Å². The van der Waals surface area contributed by atoms with Crippen molar-refractivity contribution in [2.24, 2.45) is 0 Å². The molecule has 5 nitrogen and oxygen atoms in total. The van der Waals surface area contributed by atoms with Crippen molar-refractivity contribution < 1.29 is 18.7 Å². The summed E-state index contributed by atoms with van der Waals surface area (Å²) in [6.07, 6.45) is 1.32. The predicted molar refractivity (Wildman–Crippen MR) is 107 cm³/mol. The zero-order valence-electron chi connectivity index (χ0n) is 16.4. The Balaban J connectivity index is 1.22. The van der Waals surface area contributed by atoms with E-state index in [0.29, 0.717) is 18.7 Å². The van der Waals surface area contributed by atoms with Crippen LogP contribution in [0.4, 0.5) is 4.39 Å². The van der Waals surface area contributed by atoms with E-state index >= 15 is 0 Å². The minimum absolute atomic E-state index is 0.00907. The largest absolute Gasteiger partial charge is 0.493 e. The van der Waals surface area contributed by atoms with Gasteiger partial charge in [0.1, 0.15) is 11.6 Å². The first-order valence-corrected chi connectivity index (χ1v) is 10.1. The Morgan fingerprint density at radius 2 is 1.72 bits per heavy atom. The molecule has 2 heterocycles. The van der Waals surface area contributed by atoms with Crippen molar-refractivity contribution >= 4 is 11.7 Å². The Bertz CT molecular complexity index is 889. The van der Waals surface area contributed by atoms with Crippen molar-refractivity contribution in [3.63, 3.8) is 0 Å². The molecule has 2 aliphatic rings. The summed E-state index contributed by atoms with van der Waals surface area (Å²) >= 11 is 0. The Hall–Kier alpha value is -2.73. The van der Waals surface area contributed by atoms with E-state index in [2.05, 4.69) is 23.1 Å². The van der Waals surface area contributed by atoms with Crippen LogP contribution in [0.1, 0.15) is 34.3 Å². The quantitative estimate of drug-likeness (QED) is 0.705. The smallest absolute Gasteiger partial charge is 0.223 e. The van der Waals surface area contributed by atoms with Crippen LogP contribution in [-0.4, -0.2) is 54.3 Å². The summed E-state index contributed by atoms with van der Waals surface area (Å²) in [6.45, 7) is 4.65. The lowest BCUT2D eigenvalue weighted by Gasteiger charge is -2.34. The number of ether oxygens (including phenoxy) is 1. The average Bonchev–Trinajstić information content (AvgIpc) is 3.21. The molecule has 0 unspecified atom stereocenters. The number of fused-ring (bicyclic) bond motifs is 1. The number of rotatable bonds is 6. The number of hydrogen-bond donors (Lipinski definition) is 0. The summed E-state index contributed by atoms with van der Waals surface area (Å²) in [4.78, 5) is 28.8. The molecule has 0 bridgehead atoms. The van der Waals surface area contributed by atoms with Crippen LogP contribution in [0.15, 0.2) is 42.5 Å². The summed E-state index contributed by atoms with van der Waals surface area (Å²) in [5.41, 5.74) is 3.00. The fourth-order valence-electron chi connectivity index (χ4n) is 3.91. The van der Waals surface area contributed by atoms with Gasteiger partial charge in [-0.05, 0) is 41.5 Å². The standard InChI is InChI=1S/C23H25FN2O3/c24-20-4-2-18(3-5-20)21(27)6-8-23(28)26-12-10-25(11-13-26)16-17-1-7-22-19(15-17)9-14-29-22/h1-5,7,15H,6,8-14,16H2. The fraction of sp³-hybridized carbons (Fsp3) is 0.391. The zero-order valence-corrected chi connectivity index (χ0v) is 16.4. The summed E-state index contributed by atoms with van der Waals surface area (Å²) in [5, 5.41) is 0. The Morgan fingerprint density at radius 3 is 2.48 bits per heavy atom. The number of Topliss-reactive ketones (excluding diaryl/α,β-unsaturated/α-hetero) is 1. The van der Waals surface area contributed by atoms with Crippen molar-refractivity contribution in [2.45, 2.75) is 25.8 Å². The van der Waals surface area contributed by atoms with Crippen LogP contribution in [0, 0.1) is 5.82 Å². The molecule has 1 saturated heterocycles. The highest BCUT2D eigenvalue weighted by molar-refractivity contribution is 5.97. The topological polar surface area (TPSA) is 49.9 Å². The van der Waals surface area contributed by atoms with E-state index in [1.165, 1.54) is 35.4 Å². The molecule has 2 aromatic rings. The van der Waals surface area contributed by atoms with Gasteiger partial charge in [-0.3, -0.25) is 14.5 Å². The minimum atomic E-state index is -0.372. The maximum atomic E-state index is 13.0. The highest BCUT2D eigenvalue weighted by Gasteiger charge is 2.22. The van der Waals surface area contributed by atoms with Gasteiger partial charge in [0.15, 0.2) is 5.78 Å². The van der Waals surface area contributed by atoms with Crippen molar-refractivity contribution in [3.05, 3.63) is 65.0 Å². The predicted octanol–water partition coefficient (Wildman–Crippen LogP) is 3.07. The van der Waals surface area contributed by atoms with E-state index in [9.17, 15) is 14.0 Å². The van der Waals surface area contributed by atoms with Gasteiger partial charge in [-0.15, -0.1) is 0 Å². The molecule has 0 radical (unpaired) electrons. The van der Waals surface area contributed by atoms with Crippen molar-refractivity contribution in [1.82, 2.24) is 9.80 Å². The molecule has 6 heteroatoms. The molecular weight excluding hydrogens is 371 g/mol. The van der Waals surface area contributed by atoms with E-state index in [1.807, 2.05) is 4.90 Å². The molecule has 0 aromatic heterocycles. The number of amides is 1. The van der Waals surface area contributed by atoms with Gasteiger partial charge in [0.25, 0.3) is 0 Å².